The number of carboxylic acid groups (broad SMARTS) is 1. The Morgan fingerprint density at radius 1 is 0.510 bits per heavy atom. The van der Waals surface area contributed by atoms with Crippen LogP contribution in [-0.4, -0.2) is 279 Å². The van der Waals surface area contributed by atoms with Gasteiger partial charge in [-0.2, -0.15) is 10.2 Å². The average molecular weight is 2080 g/mol. The number of hydrogen-bond donors (Lipinski definition) is 7. The van der Waals surface area contributed by atoms with E-state index < -0.39 is 16.8 Å². The van der Waals surface area contributed by atoms with Crippen LogP contribution in [0.25, 0.3) is 50.6 Å². The van der Waals surface area contributed by atoms with E-state index in [2.05, 4.69) is 101 Å². The molecule has 0 bridgehead atoms. The fraction of sp³-hybridized carbons (Fsp3) is 0.269. The molecule has 143 heavy (non-hydrogen) atoms. The zero-order chi connectivity index (χ0) is 103. The van der Waals surface area contributed by atoms with Gasteiger partial charge in [-0.25, -0.2) is 65.2 Å². The number of rotatable bonds is 23. The number of Topliss-reactive ketones (excluding diaryl/α,β-unsaturated/α-hetero) is 2. The maximum atomic E-state index is 13.0. The topological polar surface area (TPSA) is 534 Å². The van der Waals surface area contributed by atoms with Gasteiger partial charge in [-0.1, -0.05) is 53.9 Å². The monoisotopic (exact) mass is 2070 g/mol. The van der Waals surface area contributed by atoms with Crippen LogP contribution in [-0.2, 0) is 36.4 Å². The predicted molar refractivity (Wildman–Crippen MR) is 542 cm³/mol. The summed E-state index contributed by atoms with van der Waals surface area (Å²) in [6, 6.07) is 40.4. The van der Waals surface area contributed by atoms with Crippen molar-refractivity contribution in [1.29, 1.82) is 0 Å². The number of hydrazine groups is 1. The Hall–Kier alpha value is -13.8. The highest BCUT2D eigenvalue weighted by Gasteiger charge is 2.26. The Balaban J connectivity index is 0.000000183. The van der Waals surface area contributed by atoms with Gasteiger partial charge in [0.05, 0.1) is 89.1 Å². The molecule has 0 saturated carbocycles. The van der Waals surface area contributed by atoms with Gasteiger partial charge in [0.1, 0.15) is 0 Å². The molecule has 0 saturated heterocycles. The number of allylic oxidation sites excluding steroid dienone is 1. The average Bonchev–Trinajstić information content (AvgIpc) is 1.67. The Kier molecular flexibility index (Phi) is 46.2. The van der Waals surface area contributed by atoms with E-state index in [0.717, 1.165) is 77.7 Å². The number of ether oxygens (including phenoxy) is 14. The zero-order valence-electron chi connectivity index (χ0n) is 81.0. The van der Waals surface area contributed by atoms with E-state index in [0.29, 0.717) is 107 Å². The van der Waals surface area contributed by atoms with Crippen molar-refractivity contribution in [2.45, 2.75) is 52.4 Å². The lowest BCUT2D eigenvalue weighted by Gasteiger charge is -2.19. The number of nitrogens with zero attached hydrogens (tertiary/aromatic N) is 15. The third-order valence-electron chi connectivity index (χ3n) is 18.9. The number of methoxy groups -OCH3 is 2. The molecule has 9 N–H and O–H groups in total. The maximum absolute atomic E-state index is 13.0. The van der Waals surface area contributed by atoms with E-state index in [9.17, 15) is 23.4 Å². The molecule has 0 radical (unpaired) electrons. The SMILES string of the molecule is CB(O)P.CNOC.COC(OC)N(C)C.CON(C)C(=O)c1ccc2c(c1)OCO2.CS(=O)c1nccc(-c2cn[nH]c2-c2ccc3c(c2)OCO3)n1.CSc1nccc(-c2cn[nH]c2-c2ccc3c(c2)OCO3)n1.CSc1nccc(/C(=C/N(C)C)C(=O)c2ccc3c(c2)OCO3)n1.CSc1nccc(C)n1.CSc1nccc(CC(=O)c2ccc3c(c2)OCO3)n1.NN.O=C(O)c1ccc2c(c1)OCO2. The second kappa shape index (κ2) is 58.6. The van der Waals surface area contributed by atoms with Crippen molar-refractivity contribution in [2.75, 3.05) is 143 Å². The van der Waals surface area contributed by atoms with Gasteiger partial charge >= 0.3 is 12.6 Å². The van der Waals surface area contributed by atoms with Crippen LogP contribution >= 0.6 is 56.2 Å². The molecule has 50 heteroatoms. The number of aryl methyl sites for hydroxylation is 1. The molecule has 0 fully saturated rings. The van der Waals surface area contributed by atoms with Gasteiger partial charge in [0, 0.05) is 130 Å². The normalized spacial score (nSPS) is 12.2. The number of hydrogen-bond acceptors (Lipinski definition) is 43. The number of hydroxylamine groups is 3. The van der Waals surface area contributed by atoms with Crippen molar-refractivity contribution in [3.05, 3.63) is 228 Å². The third-order valence-corrected chi connectivity index (χ3v) is 21.9. The highest BCUT2D eigenvalue weighted by Crippen LogP contribution is 2.42. The van der Waals surface area contributed by atoms with Crippen molar-refractivity contribution in [1.82, 2.24) is 90.6 Å². The van der Waals surface area contributed by atoms with E-state index >= 15 is 0 Å². The maximum Gasteiger partial charge on any atom is 0.335 e. The molecule has 2 unspecified atom stereocenters. The fourth-order valence-corrected chi connectivity index (χ4v) is 14.2. The first-order chi connectivity index (χ1) is 69.1. The number of benzene rings is 6. The van der Waals surface area contributed by atoms with Gasteiger partial charge in [-0.3, -0.25) is 50.2 Å². The van der Waals surface area contributed by atoms with Crippen molar-refractivity contribution in [3.8, 4) is 114 Å². The van der Waals surface area contributed by atoms with Crippen molar-refractivity contribution in [3.63, 3.8) is 0 Å². The van der Waals surface area contributed by atoms with Gasteiger partial charge < -0.3 is 86.2 Å². The number of nitrogens with one attached hydrogen (secondary N) is 3. The molecule has 7 aromatic heterocycles. The first-order valence-electron chi connectivity index (χ1n) is 42.4. The summed E-state index contributed by atoms with van der Waals surface area (Å²) in [5.74, 6) is 14.5. The number of ketones is 2. The first kappa shape index (κ1) is 113. The summed E-state index contributed by atoms with van der Waals surface area (Å²) < 4.78 is 84.3. The van der Waals surface area contributed by atoms with Crippen LogP contribution in [0.3, 0.4) is 0 Å². The van der Waals surface area contributed by atoms with Gasteiger partial charge in [-0.15, -0.1) is 9.12 Å². The van der Waals surface area contributed by atoms with Crippen LogP contribution in [0.15, 0.2) is 215 Å². The molecule has 43 nitrogen and oxygen atoms in total. The summed E-state index contributed by atoms with van der Waals surface area (Å²) in [5, 5.41) is 35.2. The minimum absolute atomic E-state index is 0.00551. The molecule has 6 aromatic carbocycles. The number of thioether (sulfide) groups is 4. The number of aromatic carboxylic acids is 1. The van der Waals surface area contributed by atoms with Crippen LogP contribution < -0.4 is 74.0 Å². The van der Waals surface area contributed by atoms with Gasteiger partial charge in [0.2, 0.25) is 52.3 Å². The number of amides is 1. The largest absolute Gasteiger partial charge is 0.478 e. The summed E-state index contributed by atoms with van der Waals surface area (Å²) in [5.41, 5.74) is 13.9. The van der Waals surface area contributed by atoms with Crippen molar-refractivity contribution < 1.29 is 110 Å². The van der Waals surface area contributed by atoms with Crippen LogP contribution in [0.4, 0.5) is 0 Å². The Labute approximate surface area is 846 Å². The molecule has 756 valence electrons. The highest BCUT2D eigenvalue weighted by molar-refractivity contribution is 7.99. The fourth-order valence-electron chi connectivity index (χ4n) is 12.3. The van der Waals surface area contributed by atoms with E-state index in [1.54, 1.807) is 189 Å². The molecular weight excluding hydrogens is 1970 g/mol. The second-order valence-electron chi connectivity index (χ2n) is 29.1. The van der Waals surface area contributed by atoms with Gasteiger partial charge in [-0.05, 0) is 186 Å². The molecule has 0 spiro atoms. The van der Waals surface area contributed by atoms with Crippen LogP contribution in [0.5, 0.6) is 69.0 Å². The number of H-pyrrole nitrogens is 2. The predicted octanol–water partition coefficient (Wildman–Crippen LogP) is 12.4. The molecule has 19 rings (SSSR count). The molecule has 13 heterocycles. The number of carboxylic acids is 1. The molecule has 2 atom stereocenters. The van der Waals surface area contributed by atoms with Crippen LogP contribution in [0, 0.1) is 6.92 Å². The number of fused-ring (bicyclic) bond motifs is 6. The quantitative estimate of drug-likeness (QED) is 0.00360. The van der Waals surface area contributed by atoms with E-state index in [1.807, 2.05) is 118 Å². The minimum Gasteiger partial charge on any atom is -0.478 e. The second-order valence-corrected chi connectivity index (χ2v) is 34.4. The lowest BCUT2D eigenvalue weighted by molar-refractivity contribution is -0.179. The molecule has 0 aliphatic carbocycles. The van der Waals surface area contributed by atoms with Crippen molar-refractivity contribution >= 4 is 103 Å². The van der Waals surface area contributed by atoms with Crippen LogP contribution in [0.2, 0.25) is 6.82 Å². The summed E-state index contributed by atoms with van der Waals surface area (Å²) in [6.07, 6.45) is 23.0. The van der Waals surface area contributed by atoms with Crippen LogP contribution in [0.1, 0.15) is 58.5 Å². The molecule has 13 aromatic rings. The van der Waals surface area contributed by atoms with Crippen molar-refractivity contribution in [2.24, 2.45) is 11.7 Å². The summed E-state index contributed by atoms with van der Waals surface area (Å²) in [7, 11) is 17.9. The Bertz CT molecular complexity index is 6400. The molecule has 6 aliphatic rings. The standard InChI is InChI=1S/C17H17N3O3S.C15H12N4O3S.C15H12N4O2S.C14H12N2O3S.C10H11NO4.C8H6O4.C6H8N2S.C5H13NO2.C2H7NO.CH6BOP.H4N2/c1-20(2)9-12(13-6-7-18-17(19-13)24-3)16(21)11-4-5-14-15(8-11)23-10-22-14;1-23(20)15-16-5-4-11(18-15)10-7-17-19-14(10)9-2-3-12-13(6-9)22-8-21-12;1-22-15-16-5-4-11(18-15)10-7-17-19-14(10)9-2-3-12-13(6-9)21-8-20-12;1-20-14-15-5-4-10(16-14)7-11(17)9-2-3-12-13(6-9)19-8-18-12;1-11(13-2)10(12)7-3-4-8-9(5-7)15-6-14-8;9-8(10)5-1-2-6-7(3-5)12-4-11-6;1-5-3-4-7-6(8-5)9-2;1-6(2)5(7-3)8-4;1-3-4-2;1-2(3)4;1-2/h4-9H,10H2,1-3H3;2-7H,8H2,1H3,(H,17,19);2-7H,8H2,1H3,(H,17,19);2-6H,7-8H2,1H3;3-5H,6H2,1-2H3;1-3H,4H2,(H,9,10);3-4H,1-2H3;5H,1-4H3;3H,1-2H3;3H,4H2,1H3;1-2H2/b12-9-;;;;;;;;;;. The molecule has 6 aliphatic heterocycles. The molecule has 1 amide bonds. The summed E-state index contributed by atoms with van der Waals surface area (Å²) >= 11 is 5.95. The summed E-state index contributed by atoms with van der Waals surface area (Å²) in [6.45, 7) is 4.63. The Morgan fingerprint density at radius 3 is 1.29 bits per heavy atom. The van der Waals surface area contributed by atoms with Gasteiger partial charge in [0.15, 0.2) is 101 Å². The Morgan fingerprint density at radius 2 is 0.881 bits per heavy atom. The first-order valence-corrected chi connectivity index (χ1v) is 49.5. The third kappa shape index (κ3) is 34.0. The number of aromatic nitrogens is 14. The van der Waals surface area contributed by atoms with E-state index in [1.165, 1.54) is 54.5 Å². The minimum atomic E-state index is -1.24. The smallest absolute Gasteiger partial charge is 0.335 e. The number of carbonyl (C=O) groups is 4. The number of nitrogens with two attached hydrogens (primary N) is 2. The van der Waals surface area contributed by atoms with E-state index in [-0.39, 0.29) is 83.3 Å². The summed E-state index contributed by atoms with van der Waals surface area (Å²) in [4.78, 5) is 102. The number of aromatic amines is 2. The molecular formula is C93H108BN20O23PS5. The van der Waals surface area contributed by atoms with E-state index in [4.69, 9.17) is 81.3 Å². The number of carbonyl (C=O) groups excluding carboxylic acids is 3. The highest BCUT2D eigenvalue weighted by atomic mass is 32.2. The lowest BCUT2D eigenvalue weighted by atomic mass is 10.0. The lowest BCUT2D eigenvalue weighted by Crippen LogP contribution is -2.30. The zero-order valence-corrected chi connectivity index (χ0v) is 86.2. The van der Waals surface area contributed by atoms with Gasteiger partial charge in [0.25, 0.3) is 5.91 Å².